The van der Waals surface area contributed by atoms with Gasteiger partial charge < -0.3 is 10.2 Å². The molecule has 5 heteroatoms. The molecule has 1 rings (SSSR count). The minimum Gasteiger partial charge on any atom is -0.481 e. The van der Waals surface area contributed by atoms with E-state index in [0.717, 1.165) is 23.3 Å². The number of benzene rings is 1. The highest BCUT2D eigenvalue weighted by Gasteiger charge is 2.11. The zero-order chi connectivity index (χ0) is 21.3. The molecular formula is C24H38O4S. The molecule has 164 valence electrons. The van der Waals surface area contributed by atoms with Gasteiger partial charge in [0.1, 0.15) is 0 Å². The summed E-state index contributed by atoms with van der Waals surface area (Å²) in [6.07, 6.45) is 14.7. The minimum atomic E-state index is -0.782. The monoisotopic (exact) mass is 422 g/mol. The molecule has 1 aromatic rings. The maximum atomic E-state index is 11.0. The van der Waals surface area contributed by atoms with Crippen LogP contribution in [0.2, 0.25) is 0 Å². The molecule has 29 heavy (non-hydrogen) atoms. The molecule has 0 saturated heterocycles. The first-order valence-corrected chi connectivity index (χ1v) is 12.2. The fourth-order valence-electron chi connectivity index (χ4n) is 3.54. The van der Waals surface area contributed by atoms with E-state index in [2.05, 4.69) is 6.92 Å². The molecule has 0 aliphatic carbocycles. The lowest BCUT2D eigenvalue weighted by molar-refractivity contribution is -0.137. The van der Waals surface area contributed by atoms with E-state index in [4.69, 9.17) is 10.2 Å². The molecule has 0 heterocycles. The van der Waals surface area contributed by atoms with E-state index in [1.54, 1.807) is 11.8 Å². The molecule has 0 fully saturated rings. The number of aliphatic carboxylic acids is 2. The molecule has 2 N–H and O–H groups in total. The van der Waals surface area contributed by atoms with Crippen molar-refractivity contribution in [1.29, 1.82) is 0 Å². The maximum absolute atomic E-state index is 11.0. The Hall–Kier alpha value is -1.49. The van der Waals surface area contributed by atoms with Gasteiger partial charge in [0.2, 0.25) is 0 Å². The Balaban J connectivity index is 2.48. The second-order valence-electron chi connectivity index (χ2n) is 7.71. The van der Waals surface area contributed by atoms with Crippen LogP contribution in [0.15, 0.2) is 23.1 Å². The number of aryl methyl sites for hydroxylation is 1. The molecular weight excluding hydrogens is 384 g/mol. The van der Waals surface area contributed by atoms with Gasteiger partial charge in [0.25, 0.3) is 0 Å². The van der Waals surface area contributed by atoms with E-state index in [1.165, 1.54) is 63.4 Å². The van der Waals surface area contributed by atoms with E-state index in [1.807, 2.05) is 18.2 Å². The molecule has 0 bridgehead atoms. The first kappa shape index (κ1) is 25.5. The van der Waals surface area contributed by atoms with Gasteiger partial charge in [-0.05, 0) is 36.5 Å². The zero-order valence-electron chi connectivity index (χ0n) is 18.0. The van der Waals surface area contributed by atoms with Gasteiger partial charge in [-0.25, -0.2) is 0 Å². The van der Waals surface area contributed by atoms with Gasteiger partial charge in [-0.1, -0.05) is 76.8 Å². The van der Waals surface area contributed by atoms with E-state index in [9.17, 15) is 9.59 Å². The topological polar surface area (TPSA) is 74.6 Å². The smallest absolute Gasteiger partial charge is 0.304 e. The molecule has 0 aromatic heterocycles. The second kappa shape index (κ2) is 16.3. The van der Waals surface area contributed by atoms with Crippen LogP contribution >= 0.6 is 11.8 Å². The SMILES string of the molecule is CCCCCCCCCCCCc1c(CCC(=O)O)cccc1SCCC(=O)O. The highest BCUT2D eigenvalue weighted by molar-refractivity contribution is 7.99. The van der Waals surface area contributed by atoms with Gasteiger partial charge >= 0.3 is 11.9 Å². The normalized spacial score (nSPS) is 10.9. The van der Waals surface area contributed by atoms with Crippen molar-refractivity contribution in [3.63, 3.8) is 0 Å². The summed E-state index contributed by atoms with van der Waals surface area (Å²) in [6, 6.07) is 6.03. The van der Waals surface area contributed by atoms with Gasteiger partial charge in [-0.15, -0.1) is 11.8 Å². The van der Waals surface area contributed by atoms with Crippen molar-refractivity contribution in [3.05, 3.63) is 29.3 Å². The van der Waals surface area contributed by atoms with Crippen molar-refractivity contribution in [2.24, 2.45) is 0 Å². The van der Waals surface area contributed by atoms with E-state index < -0.39 is 11.9 Å². The highest BCUT2D eigenvalue weighted by Crippen LogP contribution is 2.29. The number of hydrogen-bond donors (Lipinski definition) is 2. The summed E-state index contributed by atoms with van der Waals surface area (Å²) < 4.78 is 0. The Kier molecular flexibility index (Phi) is 14.4. The number of rotatable bonds is 18. The summed E-state index contributed by atoms with van der Waals surface area (Å²) in [7, 11) is 0. The molecule has 4 nitrogen and oxygen atoms in total. The van der Waals surface area contributed by atoms with Crippen LogP contribution in [-0.2, 0) is 22.4 Å². The van der Waals surface area contributed by atoms with Gasteiger partial charge in [0, 0.05) is 17.1 Å². The fraction of sp³-hybridized carbons (Fsp3) is 0.667. The Morgan fingerprint density at radius 1 is 0.793 bits per heavy atom. The van der Waals surface area contributed by atoms with Crippen LogP contribution in [0.3, 0.4) is 0 Å². The number of thioether (sulfide) groups is 1. The molecule has 0 spiro atoms. The Morgan fingerprint density at radius 2 is 1.38 bits per heavy atom. The number of unbranched alkanes of at least 4 members (excludes halogenated alkanes) is 9. The Morgan fingerprint density at radius 3 is 1.97 bits per heavy atom. The molecule has 0 aliphatic rings. The fourth-order valence-corrected chi connectivity index (χ4v) is 4.62. The molecule has 0 unspecified atom stereocenters. The van der Waals surface area contributed by atoms with Crippen molar-refractivity contribution in [3.8, 4) is 0 Å². The standard InChI is InChI=1S/C24H38O4S/c1-2-3-4-5-6-7-8-9-10-11-14-21-20(16-17-23(25)26)13-12-15-22(21)29-19-18-24(27)28/h12-13,15H,2-11,14,16-19H2,1H3,(H,25,26)(H,27,28). The minimum absolute atomic E-state index is 0.133. The number of hydrogen-bond acceptors (Lipinski definition) is 3. The van der Waals surface area contributed by atoms with Gasteiger partial charge in [-0.2, -0.15) is 0 Å². The number of carboxylic acid groups (broad SMARTS) is 2. The third-order valence-corrected chi connectivity index (χ3v) is 6.29. The quantitative estimate of drug-likeness (QED) is 0.202. The number of carbonyl (C=O) groups is 2. The molecule has 0 radical (unpaired) electrons. The Bertz CT molecular complexity index is 601. The van der Waals surface area contributed by atoms with Crippen molar-refractivity contribution in [2.45, 2.75) is 102 Å². The lowest BCUT2D eigenvalue weighted by atomic mass is 9.97. The average Bonchev–Trinajstić information content (AvgIpc) is 2.68. The second-order valence-corrected chi connectivity index (χ2v) is 8.85. The summed E-state index contributed by atoms with van der Waals surface area (Å²) in [5, 5.41) is 17.9. The van der Waals surface area contributed by atoms with Crippen LogP contribution in [0.4, 0.5) is 0 Å². The first-order chi connectivity index (χ1) is 14.0. The highest BCUT2D eigenvalue weighted by atomic mass is 32.2. The molecule has 1 aromatic carbocycles. The van der Waals surface area contributed by atoms with Crippen LogP contribution in [0, 0.1) is 0 Å². The van der Waals surface area contributed by atoms with Crippen LogP contribution < -0.4 is 0 Å². The Labute approximate surface area is 180 Å². The maximum Gasteiger partial charge on any atom is 0.304 e. The zero-order valence-corrected chi connectivity index (χ0v) is 18.8. The van der Waals surface area contributed by atoms with Crippen molar-refractivity contribution >= 4 is 23.7 Å². The molecule has 0 amide bonds. The summed E-state index contributed by atoms with van der Waals surface area (Å²) >= 11 is 1.58. The lowest BCUT2D eigenvalue weighted by Gasteiger charge is -2.14. The average molecular weight is 423 g/mol. The molecule has 0 atom stereocenters. The van der Waals surface area contributed by atoms with Crippen molar-refractivity contribution in [1.82, 2.24) is 0 Å². The summed E-state index contributed by atoms with van der Waals surface area (Å²) in [4.78, 5) is 22.9. The van der Waals surface area contributed by atoms with Crippen LogP contribution in [0.1, 0.15) is 95.1 Å². The predicted octanol–water partition coefficient (Wildman–Crippen LogP) is 6.73. The molecule has 0 saturated carbocycles. The number of carboxylic acids is 2. The predicted molar refractivity (Wildman–Crippen MR) is 121 cm³/mol. The van der Waals surface area contributed by atoms with Gasteiger partial charge in [0.05, 0.1) is 6.42 Å². The molecule has 0 aliphatic heterocycles. The lowest BCUT2D eigenvalue weighted by Crippen LogP contribution is -2.03. The van der Waals surface area contributed by atoms with Crippen LogP contribution in [-0.4, -0.2) is 27.9 Å². The van der Waals surface area contributed by atoms with Crippen LogP contribution in [0.5, 0.6) is 0 Å². The van der Waals surface area contributed by atoms with Gasteiger partial charge in [-0.3, -0.25) is 9.59 Å². The van der Waals surface area contributed by atoms with Gasteiger partial charge in [0.15, 0.2) is 0 Å². The largest absolute Gasteiger partial charge is 0.481 e. The summed E-state index contributed by atoms with van der Waals surface area (Å²) in [5.41, 5.74) is 2.33. The summed E-state index contributed by atoms with van der Waals surface area (Å²) in [5.74, 6) is -1.02. The van der Waals surface area contributed by atoms with Crippen molar-refractivity contribution < 1.29 is 19.8 Å². The third kappa shape index (κ3) is 12.6. The third-order valence-electron chi connectivity index (χ3n) is 5.19. The van der Waals surface area contributed by atoms with E-state index >= 15 is 0 Å². The van der Waals surface area contributed by atoms with E-state index in [-0.39, 0.29) is 12.8 Å². The van der Waals surface area contributed by atoms with Crippen LogP contribution in [0.25, 0.3) is 0 Å². The van der Waals surface area contributed by atoms with E-state index in [0.29, 0.717) is 12.2 Å². The first-order valence-electron chi connectivity index (χ1n) is 11.2. The van der Waals surface area contributed by atoms with Crippen molar-refractivity contribution in [2.75, 3.05) is 5.75 Å². The summed E-state index contributed by atoms with van der Waals surface area (Å²) in [6.45, 7) is 2.25.